The van der Waals surface area contributed by atoms with Crippen LogP contribution >= 0.6 is 0 Å². The molecule has 0 spiro atoms. The third-order valence-corrected chi connectivity index (χ3v) is 4.87. The van der Waals surface area contributed by atoms with Gasteiger partial charge in [-0.2, -0.15) is 0 Å². The summed E-state index contributed by atoms with van der Waals surface area (Å²) in [6.45, 7) is 2.61. The zero-order valence-electron chi connectivity index (χ0n) is 13.9. The number of nitrogens with zero attached hydrogens (tertiary/aromatic N) is 1. The maximum Gasteiger partial charge on any atom is 0.248 e. The summed E-state index contributed by atoms with van der Waals surface area (Å²) in [5.74, 6) is 1.23. The molecule has 1 aromatic rings. The molecule has 2 aliphatic rings. The van der Waals surface area contributed by atoms with Crippen LogP contribution in [0.15, 0.2) is 30.3 Å². The van der Waals surface area contributed by atoms with Crippen LogP contribution in [0.3, 0.4) is 0 Å². The highest BCUT2D eigenvalue weighted by Gasteiger charge is 2.33. The van der Waals surface area contributed by atoms with E-state index in [0.29, 0.717) is 5.92 Å². The van der Waals surface area contributed by atoms with Crippen molar-refractivity contribution in [2.75, 3.05) is 33.4 Å². The van der Waals surface area contributed by atoms with Crippen molar-refractivity contribution in [1.82, 2.24) is 4.90 Å². The van der Waals surface area contributed by atoms with Crippen LogP contribution in [0, 0.1) is 11.8 Å². The Morgan fingerprint density at radius 2 is 2.00 bits per heavy atom. The standard InChI is InChI=1S/C19H27NO3/c1-22-14-19(21)20-10-9-18(23-13-16-7-8-16)17(12-20)11-15-5-3-2-4-6-15/h2-6,16-18H,7-14H2,1H3/t17-,18+/m0/s1. The Labute approximate surface area is 138 Å². The van der Waals surface area contributed by atoms with E-state index in [0.717, 1.165) is 38.5 Å². The molecule has 4 heteroatoms. The first kappa shape index (κ1) is 16.5. The van der Waals surface area contributed by atoms with E-state index in [4.69, 9.17) is 9.47 Å². The maximum atomic E-state index is 12.1. The lowest BCUT2D eigenvalue weighted by atomic mass is 9.88. The first-order valence-corrected chi connectivity index (χ1v) is 8.68. The molecule has 1 amide bonds. The van der Waals surface area contributed by atoms with Gasteiger partial charge in [-0.3, -0.25) is 4.79 Å². The van der Waals surface area contributed by atoms with Gasteiger partial charge in [0.1, 0.15) is 6.61 Å². The SMILES string of the molecule is COCC(=O)N1CC[C@@H](OCC2CC2)[C@@H](Cc2ccccc2)C1. The summed E-state index contributed by atoms with van der Waals surface area (Å²) in [6.07, 6.45) is 4.79. The van der Waals surface area contributed by atoms with Gasteiger partial charge in [0.05, 0.1) is 6.10 Å². The topological polar surface area (TPSA) is 38.8 Å². The van der Waals surface area contributed by atoms with E-state index < -0.39 is 0 Å². The molecule has 0 bridgehead atoms. The zero-order chi connectivity index (χ0) is 16.1. The van der Waals surface area contributed by atoms with Crippen LogP contribution in [0.5, 0.6) is 0 Å². The molecular weight excluding hydrogens is 290 g/mol. The van der Waals surface area contributed by atoms with Crippen molar-refractivity contribution >= 4 is 5.91 Å². The lowest BCUT2D eigenvalue weighted by molar-refractivity contribution is -0.140. The molecule has 3 rings (SSSR count). The monoisotopic (exact) mass is 317 g/mol. The van der Waals surface area contributed by atoms with Crippen LogP contribution < -0.4 is 0 Å². The van der Waals surface area contributed by atoms with Crippen LogP contribution in [0.2, 0.25) is 0 Å². The predicted molar refractivity (Wildman–Crippen MR) is 89.2 cm³/mol. The molecule has 2 fully saturated rings. The van der Waals surface area contributed by atoms with Gasteiger partial charge in [-0.15, -0.1) is 0 Å². The number of hydrogen-bond donors (Lipinski definition) is 0. The Balaban J connectivity index is 1.62. The van der Waals surface area contributed by atoms with Gasteiger partial charge in [0, 0.05) is 32.7 Å². The molecular formula is C19H27NO3. The smallest absolute Gasteiger partial charge is 0.248 e. The van der Waals surface area contributed by atoms with Crippen LogP contribution in [-0.2, 0) is 20.7 Å². The number of likely N-dealkylation sites (tertiary alicyclic amines) is 1. The quantitative estimate of drug-likeness (QED) is 0.776. The van der Waals surface area contributed by atoms with Crippen LogP contribution in [0.1, 0.15) is 24.8 Å². The van der Waals surface area contributed by atoms with E-state index in [9.17, 15) is 4.79 Å². The van der Waals surface area contributed by atoms with E-state index in [-0.39, 0.29) is 18.6 Å². The molecule has 2 atom stereocenters. The summed E-state index contributed by atoms with van der Waals surface area (Å²) in [5.41, 5.74) is 1.32. The van der Waals surface area contributed by atoms with Crippen LogP contribution in [0.25, 0.3) is 0 Å². The number of rotatable bonds is 7. The second-order valence-electron chi connectivity index (χ2n) is 6.83. The van der Waals surface area contributed by atoms with E-state index in [1.807, 2.05) is 11.0 Å². The van der Waals surface area contributed by atoms with E-state index in [2.05, 4.69) is 24.3 Å². The molecule has 1 saturated heterocycles. The van der Waals surface area contributed by atoms with Crippen molar-refractivity contribution in [3.63, 3.8) is 0 Å². The van der Waals surface area contributed by atoms with Gasteiger partial charge in [-0.05, 0) is 37.2 Å². The highest BCUT2D eigenvalue weighted by atomic mass is 16.5. The third kappa shape index (κ3) is 4.79. The molecule has 1 aliphatic carbocycles. The number of hydrogen-bond acceptors (Lipinski definition) is 3. The van der Waals surface area contributed by atoms with Crippen LogP contribution in [0.4, 0.5) is 0 Å². The fourth-order valence-corrected chi connectivity index (χ4v) is 3.33. The number of carbonyl (C=O) groups is 1. The number of amides is 1. The molecule has 1 saturated carbocycles. The average Bonchev–Trinajstić information content (AvgIpc) is 3.39. The summed E-state index contributed by atoms with van der Waals surface area (Å²) >= 11 is 0. The molecule has 1 heterocycles. The Hall–Kier alpha value is -1.39. The Morgan fingerprint density at radius 3 is 2.70 bits per heavy atom. The average molecular weight is 317 g/mol. The maximum absolute atomic E-state index is 12.1. The number of methoxy groups -OCH3 is 1. The Morgan fingerprint density at radius 1 is 1.22 bits per heavy atom. The van der Waals surface area contributed by atoms with Crippen LogP contribution in [-0.4, -0.2) is 50.3 Å². The van der Waals surface area contributed by atoms with E-state index in [1.54, 1.807) is 7.11 Å². The zero-order valence-corrected chi connectivity index (χ0v) is 13.9. The van der Waals surface area contributed by atoms with Crippen molar-refractivity contribution < 1.29 is 14.3 Å². The molecule has 126 valence electrons. The van der Waals surface area contributed by atoms with Gasteiger partial charge >= 0.3 is 0 Å². The first-order valence-electron chi connectivity index (χ1n) is 8.68. The number of benzene rings is 1. The number of carbonyl (C=O) groups excluding carboxylic acids is 1. The Kier molecular flexibility index (Phi) is 5.68. The second kappa shape index (κ2) is 7.93. The first-order chi connectivity index (χ1) is 11.3. The van der Waals surface area contributed by atoms with Crippen molar-refractivity contribution in [1.29, 1.82) is 0 Å². The van der Waals surface area contributed by atoms with Crippen molar-refractivity contribution in [3.05, 3.63) is 35.9 Å². The molecule has 4 nitrogen and oxygen atoms in total. The van der Waals surface area contributed by atoms with Gasteiger partial charge in [-0.1, -0.05) is 30.3 Å². The van der Waals surface area contributed by atoms with Gasteiger partial charge in [-0.25, -0.2) is 0 Å². The summed E-state index contributed by atoms with van der Waals surface area (Å²) in [5, 5.41) is 0. The molecule has 23 heavy (non-hydrogen) atoms. The van der Waals surface area contributed by atoms with Gasteiger partial charge < -0.3 is 14.4 Å². The fraction of sp³-hybridized carbons (Fsp3) is 0.632. The van der Waals surface area contributed by atoms with Crippen molar-refractivity contribution in [2.24, 2.45) is 11.8 Å². The minimum absolute atomic E-state index is 0.0891. The van der Waals surface area contributed by atoms with E-state index >= 15 is 0 Å². The molecule has 0 N–H and O–H groups in total. The van der Waals surface area contributed by atoms with Gasteiger partial charge in [0.25, 0.3) is 0 Å². The summed E-state index contributed by atoms with van der Waals surface area (Å²) in [6, 6.07) is 10.5. The predicted octanol–water partition coefficient (Wildman–Crippen LogP) is 2.52. The summed E-state index contributed by atoms with van der Waals surface area (Å²) in [7, 11) is 1.57. The molecule has 1 aromatic carbocycles. The summed E-state index contributed by atoms with van der Waals surface area (Å²) < 4.78 is 11.2. The lowest BCUT2D eigenvalue weighted by Crippen LogP contribution is -2.48. The minimum atomic E-state index is 0.0891. The lowest BCUT2D eigenvalue weighted by Gasteiger charge is -2.38. The molecule has 0 aromatic heterocycles. The normalized spacial score (nSPS) is 24.7. The molecule has 0 unspecified atom stereocenters. The minimum Gasteiger partial charge on any atom is -0.377 e. The Bertz CT molecular complexity index is 501. The van der Waals surface area contributed by atoms with Gasteiger partial charge in [0.2, 0.25) is 5.91 Å². The van der Waals surface area contributed by atoms with Crippen molar-refractivity contribution in [2.45, 2.75) is 31.8 Å². The summed E-state index contributed by atoms with van der Waals surface area (Å²) in [4.78, 5) is 14.1. The largest absolute Gasteiger partial charge is 0.377 e. The van der Waals surface area contributed by atoms with Crippen molar-refractivity contribution in [3.8, 4) is 0 Å². The molecule has 0 radical (unpaired) electrons. The third-order valence-electron chi connectivity index (χ3n) is 4.87. The van der Waals surface area contributed by atoms with Gasteiger partial charge in [0.15, 0.2) is 0 Å². The number of piperidine rings is 1. The van der Waals surface area contributed by atoms with E-state index in [1.165, 1.54) is 18.4 Å². The highest BCUT2D eigenvalue weighted by molar-refractivity contribution is 5.77. The fourth-order valence-electron chi connectivity index (χ4n) is 3.33. The molecule has 1 aliphatic heterocycles. The highest BCUT2D eigenvalue weighted by Crippen LogP contribution is 2.31. The second-order valence-corrected chi connectivity index (χ2v) is 6.83. The number of ether oxygens (including phenoxy) is 2.